The van der Waals surface area contributed by atoms with Crippen molar-refractivity contribution in [3.05, 3.63) is 51.4 Å². The van der Waals surface area contributed by atoms with E-state index in [1.165, 1.54) is 0 Å². The van der Waals surface area contributed by atoms with Crippen LogP contribution in [-0.2, 0) is 11.2 Å². The molecule has 21 heavy (non-hydrogen) atoms. The molecule has 0 saturated heterocycles. The number of carboxylic acid groups (broad SMARTS) is 1. The summed E-state index contributed by atoms with van der Waals surface area (Å²) in [6.45, 7) is 5.68. The Bertz CT molecular complexity index is 704. The Labute approximate surface area is 127 Å². The molecule has 4 nitrogen and oxygen atoms in total. The molecule has 2 rings (SSSR count). The quantitative estimate of drug-likeness (QED) is 0.907. The zero-order chi connectivity index (χ0) is 15.6. The highest BCUT2D eigenvalue weighted by Crippen LogP contribution is 2.26. The monoisotopic (exact) mass is 303 g/mol. The van der Waals surface area contributed by atoms with Gasteiger partial charge in [-0.1, -0.05) is 23.8 Å². The molecule has 0 aliphatic rings. The van der Waals surface area contributed by atoms with Crippen LogP contribution in [0.1, 0.15) is 31.9 Å². The first-order valence-corrected chi connectivity index (χ1v) is 7.38. The van der Waals surface area contributed by atoms with Gasteiger partial charge in [0.15, 0.2) is 0 Å². The molecular weight excluding hydrogens is 286 g/mol. The van der Waals surface area contributed by atoms with Crippen LogP contribution in [0.5, 0.6) is 0 Å². The number of rotatable bonds is 4. The van der Waals surface area contributed by atoms with Gasteiger partial charge >= 0.3 is 5.97 Å². The van der Waals surface area contributed by atoms with Crippen molar-refractivity contribution in [1.29, 1.82) is 0 Å². The lowest BCUT2D eigenvalue weighted by Crippen LogP contribution is -2.14. The van der Waals surface area contributed by atoms with E-state index in [0.29, 0.717) is 10.6 Å². The molecule has 0 saturated carbocycles. The molecule has 0 atom stereocenters. The molecule has 0 fully saturated rings. The number of carboxylic acids is 1. The summed E-state index contributed by atoms with van der Waals surface area (Å²) in [5.41, 5.74) is 3.83. The van der Waals surface area contributed by atoms with Crippen molar-refractivity contribution >= 4 is 28.2 Å². The lowest BCUT2D eigenvalue weighted by Gasteiger charge is -2.07. The van der Waals surface area contributed by atoms with Crippen molar-refractivity contribution in [2.45, 2.75) is 27.2 Å². The van der Waals surface area contributed by atoms with Gasteiger partial charge in [0.1, 0.15) is 4.88 Å². The average Bonchev–Trinajstić information content (AvgIpc) is 2.74. The van der Waals surface area contributed by atoms with E-state index in [0.717, 1.165) is 28.0 Å². The fraction of sp³-hybridized carbons (Fsp3) is 0.250. The Morgan fingerprint density at radius 3 is 2.48 bits per heavy atom. The molecule has 1 amide bonds. The average molecular weight is 303 g/mol. The normalized spacial score (nSPS) is 10.4. The summed E-state index contributed by atoms with van der Waals surface area (Å²) in [6, 6.07) is 7.70. The molecule has 0 aliphatic carbocycles. The number of nitrogens with one attached hydrogen (secondary N) is 1. The van der Waals surface area contributed by atoms with Gasteiger partial charge in [-0.25, -0.2) is 4.79 Å². The number of carbonyl (C=O) groups excluding carboxylic acids is 1. The van der Waals surface area contributed by atoms with Crippen LogP contribution < -0.4 is 5.32 Å². The molecule has 0 unspecified atom stereocenters. The Balaban J connectivity index is 2.10. The van der Waals surface area contributed by atoms with Crippen LogP contribution >= 0.6 is 11.3 Å². The Morgan fingerprint density at radius 1 is 1.14 bits per heavy atom. The van der Waals surface area contributed by atoms with Gasteiger partial charge in [0.05, 0.1) is 11.4 Å². The minimum Gasteiger partial charge on any atom is -0.477 e. The number of aromatic carboxylic acids is 1. The van der Waals surface area contributed by atoms with E-state index in [1.54, 1.807) is 13.0 Å². The van der Waals surface area contributed by atoms with E-state index >= 15 is 0 Å². The van der Waals surface area contributed by atoms with E-state index in [-0.39, 0.29) is 17.2 Å². The second-order valence-electron chi connectivity index (χ2n) is 5.08. The second-order valence-corrected chi connectivity index (χ2v) is 6.14. The number of aryl methyl sites for hydroxylation is 3. The van der Waals surface area contributed by atoms with Gasteiger partial charge in [-0.3, -0.25) is 4.79 Å². The predicted molar refractivity (Wildman–Crippen MR) is 84.3 cm³/mol. The summed E-state index contributed by atoms with van der Waals surface area (Å²) < 4.78 is 0. The zero-order valence-electron chi connectivity index (χ0n) is 12.2. The number of carbonyl (C=O) groups is 2. The van der Waals surface area contributed by atoms with Gasteiger partial charge in [0.2, 0.25) is 5.91 Å². The highest BCUT2D eigenvalue weighted by atomic mass is 32.1. The van der Waals surface area contributed by atoms with E-state index in [4.69, 9.17) is 5.11 Å². The highest BCUT2D eigenvalue weighted by Gasteiger charge is 2.14. The summed E-state index contributed by atoms with van der Waals surface area (Å²) >= 11 is 1.08. The number of amides is 1. The van der Waals surface area contributed by atoms with Crippen LogP contribution in [0.25, 0.3) is 0 Å². The lowest BCUT2D eigenvalue weighted by atomic mass is 10.0. The number of benzene rings is 1. The first-order chi connectivity index (χ1) is 9.86. The molecule has 0 spiro atoms. The van der Waals surface area contributed by atoms with Crippen LogP contribution in [0.2, 0.25) is 0 Å². The van der Waals surface area contributed by atoms with Gasteiger partial charge < -0.3 is 10.4 Å². The van der Waals surface area contributed by atoms with Crippen molar-refractivity contribution in [2.75, 3.05) is 5.32 Å². The standard InChI is InChI=1S/C16H17NO3S/c1-9-4-5-10(2)12(6-9)8-13(18)17-14-7-11(3)15(21-14)16(19)20/h4-7H,8H2,1-3H3,(H,17,18)(H,19,20). The van der Waals surface area contributed by atoms with Gasteiger partial charge in [0, 0.05) is 0 Å². The largest absolute Gasteiger partial charge is 0.477 e. The fourth-order valence-electron chi connectivity index (χ4n) is 2.10. The van der Waals surface area contributed by atoms with Gasteiger partial charge in [-0.05, 0) is 43.5 Å². The van der Waals surface area contributed by atoms with Crippen molar-refractivity contribution in [2.24, 2.45) is 0 Å². The lowest BCUT2D eigenvalue weighted by molar-refractivity contribution is -0.115. The molecule has 2 aromatic rings. The van der Waals surface area contributed by atoms with Crippen LogP contribution in [-0.4, -0.2) is 17.0 Å². The molecule has 110 valence electrons. The van der Waals surface area contributed by atoms with Crippen LogP contribution in [0.15, 0.2) is 24.3 Å². The van der Waals surface area contributed by atoms with Gasteiger partial charge in [-0.15, -0.1) is 11.3 Å². The van der Waals surface area contributed by atoms with Gasteiger partial charge in [-0.2, -0.15) is 0 Å². The molecule has 0 radical (unpaired) electrons. The van der Waals surface area contributed by atoms with Crippen molar-refractivity contribution in [3.8, 4) is 0 Å². The van der Waals surface area contributed by atoms with E-state index in [2.05, 4.69) is 5.32 Å². The van der Waals surface area contributed by atoms with E-state index in [1.807, 2.05) is 32.0 Å². The number of thiophene rings is 1. The fourth-order valence-corrected chi connectivity index (χ4v) is 3.03. The first-order valence-electron chi connectivity index (χ1n) is 6.56. The second kappa shape index (κ2) is 6.10. The van der Waals surface area contributed by atoms with Crippen molar-refractivity contribution < 1.29 is 14.7 Å². The number of hydrogen-bond acceptors (Lipinski definition) is 3. The molecule has 0 bridgehead atoms. The molecule has 0 aliphatic heterocycles. The van der Waals surface area contributed by atoms with Crippen LogP contribution in [0.3, 0.4) is 0 Å². The smallest absolute Gasteiger partial charge is 0.346 e. The Morgan fingerprint density at radius 2 is 1.86 bits per heavy atom. The number of anilines is 1. The van der Waals surface area contributed by atoms with Crippen LogP contribution in [0.4, 0.5) is 5.00 Å². The maximum Gasteiger partial charge on any atom is 0.346 e. The maximum atomic E-state index is 12.1. The molecule has 1 aromatic heterocycles. The molecular formula is C16H17NO3S. The summed E-state index contributed by atoms with van der Waals surface area (Å²) in [7, 11) is 0. The minimum atomic E-state index is -0.965. The zero-order valence-corrected chi connectivity index (χ0v) is 13.0. The topological polar surface area (TPSA) is 66.4 Å². The highest BCUT2D eigenvalue weighted by molar-refractivity contribution is 7.18. The van der Waals surface area contributed by atoms with Gasteiger partial charge in [0.25, 0.3) is 0 Å². The molecule has 5 heteroatoms. The molecule has 1 aromatic carbocycles. The first kappa shape index (κ1) is 15.3. The molecule has 2 N–H and O–H groups in total. The summed E-state index contributed by atoms with van der Waals surface area (Å²) in [5.74, 6) is -1.10. The minimum absolute atomic E-state index is 0.137. The number of hydrogen-bond donors (Lipinski definition) is 2. The Kier molecular flexibility index (Phi) is 4.43. The predicted octanol–water partition coefficient (Wildman–Crippen LogP) is 3.55. The summed E-state index contributed by atoms with van der Waals surface area (Å²) in [4.78, 5) is 23.3. The third kappa shape index (κ3) is 3.70. The van der Waals surface area contributed by atoms with Crippen LogP contribution in [0, 0.1) is 20.8 Å². The molecule has 1 heterocycles. The maximum absolute atomic E-state index is 12.1. The third-order valence-electron chi connectivity index (χ3n) is 3.23. The van der Waals surface area contributed by atoms with E-state index < -0.39 is 5.97 Å². The summed E-state index contributed by atoms with van der Waals surface area (Å²) in [6.07, 6.45) is 0.285. The van der Waals surface area contributed by atoms with E-state index in [9.17, 15) is 9.59 Å². The Hall–Kier alpha value is -2.14. The van der Waals surface area contributed by atoms with Crippen molar-refractivity contribution in [3.63, 3.8) is 0 Å². The SMILES string of the molecule is Cc1ccc(C)c(CC(=O)Nc2cc(C)c(C(=O)O)s2)c1. The third-order valence-corrected chi connectivity index (χ3v) is 4.37. The van der Waals surface area contributed by atoms with Crippen molar-refractivity contribution in [1.82, 2.24) is 0 Å². The summed E-state index contributed by atoms with van der Waals surface area (Å²) in [5, 5.41) is 12.4.